The molecule has 0 amide bonds. The molecule has 2 heterocycles. The Kier molecular flexibility index (Phi) is 7.17. The van der Waals surface area contributed by atoms with Gasteiger partial charge in [0.1, 0.15) is 5.75 Å². The van der Waals surface area contributed by atoms with Crippen molar-refractivity contribution < 1.29 is 4.74 Å². The predicted molar refractivity (Wildman–Crippen MR) is 114 cm³/mol. The number of hydrogen-bond donors (Lipinski definition) is 2. The van der Waals surface area contributed by atoms with Crippen LogP contribution in [0.1, 0.15) is 24.6 Å². The van der Waals surface area contributed by atoms with Crippen molar-refractivity contribution in [1.82, 2.24) is 20.4 Å². The van der Waals surface area contributed by atoms with Gasteiger partial charge in [0.05, 0.1) is 13.3 Å². The number of nitrogens with zero attached hydrogens (tertiary/aromatic N) is 4. The van der Waals surface area contributed by atoms with E-state index in [0.717, 1.165) is 69.5 Å². The zero-order chi connectivity index (χ0) is 19.8. The molecule has 0 saturated carbocycles. The van der Waals surface area contributed by atoms with Crippen LogP contribution in [0.5, 0.6) is 5.75 Å². The number of anilines is 1. The van der Waals surface area contributed by atoms with Gasteiger partial charge in [0.15, 0.2) is 5.96 Å². The number of aliphatic imine (C=N–C) groups is 1. The van der Waals surface area contributed by atoms with Gasteiger partial charge in [-0.25, -0.2) is 0 Å². The minimum Gasteiger partial charge on any atom is -0.497 e. The molecule has 0 aliphatic carbocycles. The number of ether oxygens (including phenoxy) is 1. The summed E-state index contributed by atoms with van der Waals surface area (Å²) < 4.78 is 5.35. The zero-order valence-corrected chi connectivity index (χ0v) is 17.2. The molecule has 3 rings (SSSR count). The normalized spacial score (nSPS) is 15.0. The topological polar surface area (TPSA) is 68.8 Å². The van der Waals surface area contributed by atoms with Gasteiger partial charge in [0.25, 0.3) is 0 Å². The van der Waals surface area contributed by atoms with Crippen LogP contribution in [0.2, 0.25) is 0 Å². The molecule has 28 heavy (non-hydrogen) atoms. The van der Waals surface area contributed by atoms with E-state index in [1.807, 2.05) is 18.3 Å². The number of rotatable bonds is 7. The second-order valence-electron chi connectivity index (χ2n) is 7.04. The molecule has 7 nitrogen and oxygen atoms in total. The Morgan fingerprint density at radius 1 is 1.29 bits per heavy atom. The van der Waals surface area contributed by atoms with Crippen molar-refractivity contribution in [2.45, 2.75) is 26.7 Å². The van der Waals surface area contributed by atoms with E-state index >= 15 is 0 Å². The molecule has 0 spiro atoms. The summed E-state index contributed by atoms with van der Waals surface area (Å²) in [5.41, 5.74) is 3.66. The number of aryl methyl sites for hydroxylation is 2. The number of H-pyrrole nitrogens is 1. The lowest BCUT2D eigenvalue weighted by Crippen LogP contribution is -2.52. The SMILES string of the molecule is CCNC(=NCCCc1cn[nH]c1C)N1CCN(c2cccc(OC)c2)CC1. The smallest absolute Gasteiger partial charge is 0.194 e. The molecular formula is C21H32N6O. The highest BCUT2D eigenvalue weighted by Gasteiger charge is 2.20. The standard InChI is InChI=1S/C21H32N6O/c1-4-22-21(23-10-6-7-18-16-24-25-17(18)2)27-13-11-26(12-14-27)19-8-5-9-20(15-19)28-3/h5,8-9,15-16H,4,6-7,10-14H2,1-3H3,(H,22,23)(H,24,25). The lowest BCUT2D eigenvalue weighted by Gasteiger charge is -2.37. The lowest BCUT2D eigenvalue weighted by atomic mass is 10.1. The summed E-state index contributed by atoms with van der Waals surface area (Å²) in [6.07, 6.45) is 3.95. The fraction of sp³-hybridized carbons (Fsp3) is 0.524. The summed E-state index contributed by atoms with van der Waals surface area (Å²) in [5.74, 6) is 1.93. The average molecular weight is 385 g/mol. The Bertz CT molecular complexity index is 764. The molecule has 1 saturated heterocycles. The van der Waals surface area contributed by atoms with Crippen LogP contribution >= 0.6 is 0 Å². The highest BCUT2D eigenvalue weighted by Crippen LogP contribution is 2.22. The second-order valence-corrected chi connectivity index (χ2v) is 7.04. The van der Waals surface area contributed by atoms with Gasteiger partial charge in [-0.05, 0) is 44.4 Å². The summed E-state index contributed by atoms with van der Waals surface area (Å²) in [5, 5.41) is 10.5. The predicted octanol–water partition coefficient (Wildman–Crippen LogP) is 2.45. The van der Waals surface area contributed by atoms with E-state index in [2.05, 4.69) is 51.3 Å². The number of methoxy groups -OCH3 is 1. The average Bonchev–Trinajstić information content (AvgIpc) is 3.15. The maximum absolute atomic E-state index is 5.35. The van der Waals surface area contributed by atoms with E-state index in [1.165, 1.54) is 11.3 Å². The van der Waals surface area contributed by atoms with Crippen molar-refractivity contribution in [2.75, 3.05) is 51.3 Å². The summed E-state index contributed by atoms with van der Waals surface area (Å²) in [6.45, 7) is 9.78. The maximum Gasteiger partial charge on any atom is 0.194 e. The van der Waals surface area contributed by atoms with Crippen LogP contribution in [-0.4, -0.2) is 67.4 Å². The number of hydrogen-bond acceptors (Lipinski definition) is 4. The van der Waals surface area contributed by atoms with Gasteiger partial charge < -0.3 is 19.9 Å². The molecule has 1 aromatic carbocycles. The zero-order valence-electron chi connectivity index (χ0n) is 17.2. The van der Waals surface area contributed by atoms with Crippen molar-refractivity contribution in [2.24, 2.45) is 4.99 Å². The van der Waals surface area contributed by atoms with Crippen LogP contribution in [0.3, 0.4) is 0 Å². The molecular weight excluding hydrogens is 352 g/mol. The van der Waals surface area contributed by atoms with Gasteiger partial charge in [0, 0.05) is 56.7 Å². The molecule has 1 aromatic heterocycles. The fourth-order valence-corrected chi connectivity index (χ4v) is 3.49. The fourth-order valence-electron chi connectivity index (χ4n) is 3.49. The third kappa shape index (κ3) is 5.18. The third-order valence-corrected chi connectivity index (χ3v) is 5.13. The van der Waals surface area contributed by atoms with Gasteiger partial charge >= 0.3 is 0 Å². The number of piperazine rings is 1. The van der Waals surface area contributed by atoms with Crippen LogP contribution in [0.25, 0.3) is 0 Å². The second kappa shape index (κ2) is 10.0. The van der Waals surface area contributed by atoms with Gasteiger partial charge in [-0.1, -0.05) is 6.07 Å². The van der Waals surface area contributed by atoms with Gasteiger partial charge in [0.2, 0.25) is 0 Å². The molecule has 2 aromatic rings. The Morgan fingerprint density at radius 2 is 2.11 bits per heavy atom. The molecule has 7 heteroatoms. The van der Waals surface area contributed by atoms with Crippen molar-refractivity contribution in [3.05, 3.63) is 41.7 Å². The maximum atomic E-state index is 5.35. The number of aromatic nitrogens is 2. The van der Waals surface area contributed by atoms with Crippen LogP contribution in [0, 0.1) is 6.92 Å². The largest absolute Gasteiger partial charge is 0.497 e. The van der Waals surface area contributed by atoms with Crippen molar-refractivity contribution >= 4 is 11.6 Å². The molecule has 1 aliphatic heterocycles. The molecule has 1 aliphatic rings. The molecule has 2 N–H and O–H groups in total. The summed E-state index contributed by atoms with van der Waals surface area (Å²) in [7, 11) is 1.71. The molecule has 0 bridgehead atoms. The van der Waals surface area contributed by atoms with Crippen molar-refractivity contribution in [3.8, 4) is 5.75 Å². The summed E-state index contributed by atoms with van der Waals surface area (Å²) >= 11 is 0. The first-order valence-corrected chi connectivity index (χ1v) is 10.1. The number of nitrogens with one attached hydrogen (secondary N) is 2. The van der Waals surface area contributed by atoms with Gasteiger partial charge in [-0.2, -0.15) is 5.10 Å². The Labute approximate surface area is 167 Å². The van der Waals surface area contributed by atoms with E-state index in [-0.39, 0.29) is 0 Å². The molecule has 0 unspecified atom stereocenters. The van der Waals surface area contributed by atoms with Crippen molar-refractivity contribution in [3.63, 3.8) is 0 Å². The van der Waals surface area contributed by atoms with Crippen LogP contribution in [-0.2, 0) is 6.42 Å². The Morgan fingerprint density at radius 3 is 2.79 bits per heavy atom. The van der Waals surface area contributed by atoms with Gasteiger partial charge in [-0.3, -0.25) is 10.1 Å². The molecule has 1 fully saturated rings. The molecule has 0 atom stereocenters. The van der Waals surface area contributed by atoms with Gasteiger partial charge in [-0.15, -0.1) is 0 Å². The van der Waals surface area contributed by atoms with E-state index in [9.17, 15) is 0 Å². The van der Waals surface area contributed by atoms with E-state index in [4.69, 9.17) is 9.73 Å². The van der Waals surface area contributed by atoms with E-state index in [1.54, 1.807) is 7.11 Å². The van der Waals surface area contributed by atoms with Crippen LogP contribution in [0.4, 0.5) is 5.69 Å². The molecule has 0 radical (unpaired) electrons. The number of guanidine groups is 1. The Balaban J connectivity index is 1.52. The highest BCUT2D eigenvalue weighted by atomic mass is 16.5. The summed E-state index contributed by atoms with van der Waals surface area (Å²) in [4.78, 5) is 9.63. The number of benzene rings is 1. The first kappa shape index (κ1) is 20.0. The quantitative estimate of drug-likeness (QED) is 0.436. The Hall–Kier alpha value is -2.70. The van der Waals surface area contributed by atoms with E-state index in [0.29, 0.717) is 0 Å². The minimum absolute atomic E-state index is 0.822. The monoisotopic (exact) mass is 384 g/mol. The molecule has 152 valence electrons. The first-order valence-electron chi connectivity index (χ1n) is 10.1. The first-order chi connectivity index (χ1) is 13.7. The minimum atomic E-state index is 0.822. The van der Waals surface area contributed by atoms with Crippen molar-refractivity contribution in [1.29, 1.82) is 0 Å². The highest BCUT2D eigenvalue weighted by molar-refractivity contribution is 5.80. The third-order valence-electron chi connectivity index (χ3n) is 5.13. The summed E-state index contributed by atoms with van der Waals surface area (Å²) in [6, 6.07) is 8.29. The van der Waals surface area contributed by atoms with Crippen LogP contribution < -0.4 is 15.0 Å². The van der Waals surface area contributed by atoms with E-state index < -0.39 is 0 Å². The van der Waals surface area contributed by atoms with Crippen LogP contribution in [0.15, 0.2) is 35.5 Å². The number of aromatic amines is 1. The lowest BCUT2D eigenvalue weighted by molar-refractivity contribution is 0.372.